The van der Waals surface area contributed by atoms with Crippen molar-refractivity contribution in [3.63, 3.8) is 0 Å². The first-order chi connectivity index (χ1) is 8.18. The molecule has 94 valence electrons. The van der Waals surface area contributed by atoms with Crippen LogP contribution in [0.1, 0.15) is 37.4 Å². The largest absolute Gasteiger partial charge is 0.383 e. The number of nitrogen functional groups attached to an aromatic ring is 1. The predicted molar refractivity (Wildman–Crippen MR) is 71.9 cm³/mol. The summed E-state index contributed by atoms with van der Waals surface area (Å²) in [6.45, 7) is 4.46. The molecule has 2 saturated heterocycles. The summed E-state index contributed by atoms with van der Waals surface area (Å²) in [6, 6.07) is 1.12. The van der Waals surface area contributed by atoms with E-state index in [2.05, 4.69) is 30.6 Å². The van der Waals surface area contributed by atoms with Gasteiger partial charge in [-0.1, -0.05) is 6.42 Å². The Labute approximate surface area is 110 Å². The van der Waals surface area contributed by atoms with Crippen LogP contribution >= 0.6 is 15.9 Å². The van der Waals surface area contributed by atoms with Crippen molar-refractivity contribution in [3.05, 3.63) is 10.2 Å². The maximum atomic E-state index is 6.14. The third-order valence-corrected chi connectivity index (χ3v) is 5.16. The van der Waals surface area contributed by atoms with Crippen LogP contribution in [0.4, 0.5) is 5.82 Å². The van der Waals surface area contributed by atoms with Gasteiger partial charge >= 0.3 is 0 Å². The first-order valence-corrected chi connectivity index (χ1v) is 7.22. The van der Waals surface area contributed by atoms with Crippen LogP contribution in [0.5, 0.6) is 0 Å². The number of halogens is 1. The van der Waals surface area contributed by atoms with Crippen LogP contribution in [-0.2, 0) is 0 Å². The average Bonchev–Trinajstić information content (AvgIpc) is 2.86. The molecule has 0 spiro atoms. The zero-order valence-electron chi connectivity index (χ0n) is 10.2. The summed E-state index contributed by atoms with van der Waals surface area (Å²) in [5.74, 6) is 0.792. The van der Waals surface area contributed by atoms with Gasteiger partial charge in [0.1, 0.15) is 5.82 Å². The highest BCUT2D eigenvalue weighted by Gasteiger charge is 2.38. The Hall–Kier alpha value is -0.550. The quantitative estimate of drug-likeness (QED) is 0.866. The fourth-order valence-corrected chi connectivity index (χ4v) is 3.56. The monoisotopic (exact) mass is 298 g/mol. The van der Waals surface area contributed by atoms with Crippen LogP contribution in [0, 0.1) is 6.92 Å². The van der Waals surface area contributed by atoms with E-state index in [9.17, 15) is 0 Å². The molecule has 5 heteroatoms. The number of anilines is 1. The van der Waals surface area contributed by atoms with Crippen molar-refractivity contribution in [2.24, 2.45) is 0 Å². The molecule has 0 amide bonds. The third kappa shape index (κ3) is 1.80. The number of hydrogen-bond donors (Lipinski definition) is 1. The Morgan fingerprint density at radius 2 is 2.06 bits per heavy atom. The van der Waals surface area contributed by atoms with Crippen LogP contribution in [-0.4, -0.2) is 33.8 Å². The average molecular weight is 299 g/mol. The number of fused-ring (bicyclic) bond motifs is 1. The first kappa shape index (κ1) is 11.5. The maximum absolute atomic E-state index is 6.14. The SMILES string of the molecule is Cc1nn(C2CCN3CCCCC23)c(N)c1Br. The molecule has 0 radical (unpaired) electrons. The lowest BCUT2D eigenvalue weighted by molar-refractivity contribution is 0.170. The molecule has 2 atom stereocenters. The Bertz CT molecular complexity index is 428. The summed E-state index contributed by atoms with van der Waals surface area (Å²) in [5.41, 5.74) is 7.14. The van der Waals surface area contributed by atoms with Crippen molar-refractivity contribution in [3.8, 4) is 0 Å². The molecule has 4 nitrogen and oxygen atoms in total. The van der Waals surface area contributed by atoms with Crippen molar-refractivity contribution in [2.75, 3.05) is 18.8 Å². The van der Waals surface area contributed by atoms with E-state index >= 15 is 0 Å². The van der Waals surface area contributed by atoms with Crippen LogP contribution in [0.15, 0.2) is 4.47 Å². The molecule has 17 heavy (non-hydrogen) atoms. The van der Waals surface area contributed by atoms with Crippen molar-refractivity contribution >= 4 is 21.7 Å². The molecule has 2 unspecified atom stereocenters. The predicted octanol–water partition coefficient (Wildman–Crippen LogP) is 2.34. The van der Waals surface area contributed by atoms with Crippen molar-refractivity contribution in [1.29, 1.82) is 0 Å². The Morgan fingerprint density at radius 1 is 1.24 bits per heavy atom. The van der Waals surface area contributed by atoms with Gasteiger partial charge in [-0.2, -0.15) is 5.10 Å². The summed E-state index contributed by atoms with van der Waals surface area (Å²) in [6.07, 6.45) is 5.17. The van der Waals surface area contributed by atoms with E-state index in [1.54, 1.807) is 0 Å². The molecule has 2 aliphatic heterocycles. The third-order valence-electron chi connectivity index (χ3n) is 4.18. The Morgan fingerprint density at radius 3 is 2.76 bits per heavy atom. The number of rotatable bonds is 1. The fourth-order valence-electron chi connectivity index (χ4n) is 3.30. The fraction of sp³-hybridized carbons (Fsp3) is 0.750. The molecule has 0 bridgehead atoms. The van der Waals surface area contributed by atoms with Gasteiger partial charge in [-0.3, -0.25) is 4.90 Å². The molecule has 3 rings (SSSR count). The molecule has 1 aromatic rings. The number of hydrogen-bond acceptors (Lipinski definition) is 3. The molecule has 2 aliphatic rings. The highest BCUT2D eigenvalue weighted by atomic mass is 79.9. The Kier molecular flexibility index (Phi) is 2.91. The van der Waals surface area contributed by atoms with Crippen molar-refractivity contribution < 1.29 is 0 Å². The van der Waals surface area contributed by atoms with Gasteiger partial charge in [0, 0.05) is 12.6 Å². The zero-order valence-corrected chi connectivity index (χ0v) is 11.8. The second-order valence-electron chi connectivity index (χ2n) is 5.18. The van der Waals surface area contributed by atoms with E-state index in [0.29, 0.717) is 12.1 Å². The summed E-state index contributed by atoms with van der Waals surface area (Å²) >= 11 is 3.51. The highest BCUT2D eigenvalue weighted by Crippen LogP contribution is 2.37. The van der Waals surface area contributed by atoms with Gasteiger partial charge in [0.2, 0.25) is 0 Å². The summed E-state index contributed by atoms with van der Waals surface area (Å²) in [5, 5.41) is 4.60. The summed E-state index contributed by atoms with van der Waals surface area (Å²) in [4.78, 5) is 2.61. The number of nitrogens with two attached hydrogens (primary N) is 1. The van der Waals surface area contributed by atoms with Crippen LogP contribution in [0.25, 0.3) is 0 Å². The van der Waals surface area contributed by atoms with Gasteiger partial charge in [0.05, 0.1) is 16.2 Å². The van der Waals surface area contributed by atoms with E-state index in [1.807, 2.05) is 6.92 Å². The topological polar surface area (TPSA) is 47.1 Å². The highest BCUT2D eigenvalue weighted by molar-refractivity contribution is 9.10. The molecule has 1 aromatic heterocycles. The minimum atomic E-state index is 0.472. The van der Waals surface area contributed by atoms with Crippen molar-refractivity contribution in [2.45, 2.75) is 44.7 Å². The minimum absolute atomic E-state index is 0.472. The maximum Gasteiger partial charge on any atom is 0.136 e. The van der Waals surface area contributed by atoms with Gasteiger partial charge in [-0.25, -0.2) is 4.68 Å². The van der Waals surface area contributed by atoms with E-state index in [1.165, 1.54) is 38.8 Å². The standard InChI is InChI=1S/C12H19BrN4/c1-8-11(13)12(14)17(15-8)10-5-7-16-6-3-2-4-9(10)16/h9-10H,2-7,14H2,1H3. The minimum Gasteiger partial charge on any atom is -0.383 e. The van der Waals surface area contributed by atoms with Gasteiger partial charge in [0.25, 0.3) is 0 Å². The molecule has 0 aliphatic carbocycles. The zero-order chi connectivity index (χ0) is 12.0. The number of aryl methyl sites for hydroxylation is 1. The van der Waals surface area contributed by atoms with E-state index < -0.39 is 0 Å². The first-order valence-electron chi connectivity index (χ1n) is 6.42. The molecule has 0 saturated carbocycles. The second-order valence-corrected chi connectivity index (χ2v) is 5.98. The van der Waals surface area contributed by atoms with Crippen LogP contribution in [0.3, 0.4) is 0 Å². The normalized spacial score (nSPS) is 29.5. The second kappa shape index (κ2) is 4.28. The van der Waals surface area contributed by atoms with Gasteiger partial charge in [0.15, 0.2) is 0 Å². The van der Waals surface area contributed by atoms with Crippen LogP contribution in [0.2, 0.25) is 0 Å². The van der Waals surface area contributed by atoms with E-state index in [4.69, 9.17) is 5.73 Å². The van der Waals surface area contributed by atoms with E-state index in [0.717, 1.165) is 16.0 Å². The molecule has 2 N–H and O–H groups in total. The molecular weight excluding hydrogens is 280 g/mol. The Balaban J connectivity index is 1.91. The number of piperidine rings is 1. The van der Waals surface area contributed by atoms with Gasteiger partial charge < -0.3 is 5.73 Å². The number of aromatic nitrogens is 2. The lowest BCUT2D eigenvalue weighted by atomic mass is 9.99. The molecule has 2 fully saturated rings. The lowest BCUT2D eigenvalue weighted by Gasteiger charge is -2.32. The molecule has 0 aromatic carbocycles. The lowest BCUT2D eigenvalue weighted by Crippen LogP contribution is -2.38. The molecule has 3 heterocycles. The number of nitrogens with zero attached hydrogens (tertiary/aromatic N) is 3. The van der Waals surface area contributed by atoms with Crippen LogP contribution < -0.4 is 5.73 Å². The smallest absolute Gasteiger partial charge is 0.136 e. The summed E-state index contributed by atoms with van der Waals surface area (Å²) < 4.78 is 3.02. The van der Waals surface area contributed by atoms with Gasteiger partial charge in [-0.15, -0.1) is 0 Å². The molecular formula is C12H19BrN4. The summed E-state index contributed by atoms with van der Waals surface area (Å²) in [7, 11) is 0. The van der Waals surface area contributed by atoms with Gasteiger partial charge in [-0.05, 0) is 48.7 Å². The van der Waals surface area contributed by atoms with Crippen molar-refractivity contribution in [1.82, 2.24) is 14.7 Å². The van der Waals surface area contributed by atoms with E-state index in [-0.39, 0.29) is 0 Å².